The van der Waals surface area contributed by atoms with Crippen molar-refractivity contribution < 1.29 is 0 Å². The molecule has 0 aromatic carbocycles. The van der Waals surface area contributed by atoms with Crippen molar-refractivity contribution in [1.29, 1.82) is 0 Å². The molecule has 0 rings (SSSR count). The van der Waals surface area contributed by atoms with Gasteiger partial charge in [0.25, 0.3) is 0 Å². The molecule has 0 radical (unpaired) electrons. The summed E-state index contributed by atoms with van der Waals surface area (Å²) in [7, 11) is 3.99. The third-order valence-corrected chi connectivity index (χ3v) is 3.53. The minimum absolute atomic E-state index is 1.20. The maximum atomic E-state index is 4.95. The van der Waals surface area contributed by atoms with Crippen molar-refractivity contribution >= 4 is 42.3 Å². The van der Waals surface area contributed by atoms with Gasteiger partial charge in [0, 0.05) is 9.83 Å². The van der Waals surface area contributed by atoms with Crippen LogP contribution in [-0.2, 0) is 0 Å². The second-order valence-corrected chi connectivity index (χ2v) is 4.72. The molecule has 0 heterocycles. The molecule has 0 bridgehead atoms. The minimum Gasteiger partial charge on any atom is -0.268 e. The molecule has 2 N–H and O–H groups in total. The van der Waals surface area contributed by atoms with E-state index < -0.39 is 0 Å². The van der Waals surface area contributed by atoms with Gasteiger partial charge < -0.3 is 0 Å². The summed E-state index contributed by atoms with van der Waals surface area (Å²) in [6.45, 7) is 0. The maximum absolute atomic E-state index is 4.95. The Hall–Kier alpha value is 1.36. The summed E-state index contributed by atoms with van der Waals surface area (Å²) in [4.78, 5) is 0. The molecule has 5 heavy (non-hydrogen) atoms. The highest BCUT2D eigenvalue weighted by molar-refractivity contribution is 9.23. The molecule has 1 nitrogen and oxygen atoms in total. The van der Waals surface area contributed by atoms with E-state index in [1.807, 2.05) is 0 Å². The summed E-state index contributed by atoms with van der Waals surface area (Å²) in [5.74, 6) is 0. The molecule has 0 atom stereocenters. The predicted octanol–water partition coefficient (Wildman–Crippen LogP) is 1.73. The normalized spacial score (nSPS) is 8.40. The van der Waals surface area contributed by atoms with E-state index in [-0.39, 0.29) is 0 Å². The van der Waals surface area contributed by atoms with Crippen molar-refractivity contribution in [1.82, 2.24) is 0 Å². The third-order valence-electron chi connectivity index (χ3n) is 0.0697. The van der Waals surface area contributed by atoms with Crippen molar-refractivity contribution in [3.8, 4) is 0 Å². The van der Waals surface area contributed by atoms with E-state index in [9.17, 15) is 0 Å². The van der Waals surface area contributed by atoms with Gasteiger partial charge in [-0.3, -0.25) is 5.14 Å². The van der Waals surface area contributed by atoms with Crippen LogP contribution < -0.4 is 5.14 Å². The molecule has 0 spiro atoms. The Labute approximate surface area is 47.6 Å². The quantitative estimate of drug-likeness (QED) is 0.351. The van der Waals surface area contributed by atoms with Gasteiger partial charge in [0.2, 0.25) is 0 Å². The molecule has 0 fully saturated rings. The van der Waals surface area contributed by atoms with Crippen molar-refractivity contribution in [2.24, 2.45) is 5.14 Å². The Bertz CT molecular complexity index is 11.1. The van der Waals surface area contributed by atoms with Crippen molar-refractivity contribution in [3.05, 3.63) is 0 Å². The second kappa shape index (κ2) is 5.36. The third kappa shape index (κ3) is 5.36. The van der Waals surface area contributed by atoms with Crippen LogP contribution in [0.25, 0.3) is 0 Å². The Morgan fingerprint density at radius 2 is 2.20 bits per heavy atom. The number of thiol groups is 1. The molecular weight excluding hydrogens is 142 g/mol. The fourth-order valence-corrected chi connectivity index (χ4v) is 1.42. The van der Waals surface area contributed by atoms with E-state index in [2.05, 4.69) is 11.7 Å². The first-order valence-corrected chi connectivity index (χ1v) is 5.35. The molecule has 0 saturated carbocycles. The topological polar surface area (TPSA) is 26.0 Å². The van der Waals surface area contributed by atoms with E-state index in [0.717, 1.165) is 0 Å². The highest BCUT2D eigenvalue weighted by Crippen LogP contribution is 2.32. The summed E-state index contributed by atoms with van der Waals surface area (Å²) < 4.78 is 0. The molecule has 0 aromatic rings. The fraction of sp³-hybridized carbons (Fsp3) is 0. The average molecular weight is 145 g/mol. The Morgan fingerprint density at radius 3 is 2.20 bits per heavy atom. The van der Waals surface area contributed by atoms with Gasteiger partial charge in [-0.15, -0.1) is 0 Å². The molecule has 5 heteroatoms. The van der Waals surface area contributed by atoms with Crippen LogP contribution in [0.5, 0.6) is 0 Å². The van der Waals surface area contributed by atoms with Gasteiger partial charge in [-0.2, -0.15) is 0 Å². The molecule has 0 aliphatic heterocycles. The highest BCUT2D eigenvalue weighted by atomic mass is 33.7. The van der Waals surface area contributed by atoms with Crippen molar-refractivity contribution in [2.45, 2.75) is 0 Å². The molecule has 0 saturated heterocycles. The SMILES string of the molecule is NSSSS. The van der Waals surface area contributed by atoms with Crippen LogP contribution in [0.2, 0.25) is 0 Å². The van der Waals surface area contributed by atoms with Crippen LogP contribution in [0.3, 0.4) is 0 Å². The zero-order chi connectivity index (χ0) is 4.12. The lowest BCUT2D eigenvalue weighted by molar-refractivity contribution is 2.07. The Kier molecular flexibility index (Phi) is 6.82. The van der Waals surface area contributed by atoms with Gasteiger partial charge in [0.05, 0.1) is 0 Å². The molecule has 0 aromatic heterocycles. The van der Waals surface area contributed by atoms with Crippen LogP contribution in [0.4, 0.5) is 0 Å². The molecule has 0 amide bonds. The number of nitrogens with two attached hydrogens (primary N) is 1. The summed E-state index contributed by atoms with van der Waals surface area (Å²) in [6.07, 6.45) is 0. The molecule has 32 valence electrons. The van der Waals surface area contributed by atoms with Gasteiger partial charge in [-0.1, -0.05) is 11.7 Å². The van der Waals surface area contributed by atoms with E-state index in [4.69, 9.17) is 5.14 Å². The predicted molar refractivity (Wildman–Crippen MR) is 35.9 cm³/mol. The van der Waals surface area contributed by atoms with Crippen molar-refractivity contribution in [2.75, 3.05) is 0 Å². The lowest BCUT2D eigenvalue weighted by atomic mass is 14.0. The largest absolute Gasteiger partial charge is 0.268 e. The first-order valence-electron chi connectivity index (χ1n) is 0.752. The van der Waals surface area contributed by atoms with E-state index in [1.165, 1.54) is 30.6 Å². The maximum Gasteiger partial charge on any atom is 0.00274 e. The lowest BCUT2D eigenvalue weighted by Gasteiger charge is -1.77. The minimum atomic E-state index is 1.20. The monoisotopic (exact) mass is 145 g/mol. The van der Waals surface area contributed by atoms with Crippen LogP contribution >= 0.6 is 42.3 Å². The van der Waals surface area contributed by atoms with E-state index >= 15 is 0 Å². The first-order chi connectivity index (χ1) is 2.41. The fourth-order valence-electron chi connectivity index (χ4n) is 0.0176. The lowest BCUT2D eigenvalue weighted by Crippen LogP contribution is -1.61. The van der Waals surface area contributed by atoms with E-state index in [1.54, 1.807) is 0 Å². The zero-order valence-corrected chi connectivity index (χ0v) is 5.59. The highest BCUT2D eigenvalue weighted by Gasteiger charge is 1.70. The second-order valence-electron chi connectivity index (χ2n) is 0.239. The summed E-state index contributed by atoms with van der Waals surface area (Å²) >= 11 is 3.78. The van der Waals surface area contributed by atoms with Crippen LogP contribution in [0.15, 0.2) is 0 Å². The molecular formula is H3NS4. The molecule has 0 unspecified atom stereocenters. The zero-order valence-electron chi connectivity index (χ0n) is 2.25. The van der Waals surface area contributed by atoms with Crippen LogP contribution in [0.1, 0.15) is 0 Å². The summed E-state index contributed by atoms with van der Waals surface area (Å²) in [5, 5.41) is 4.95. The molecule has 0 aliphatic rings. The van der Waals surface area contributed by atoms with Gasteiger partial charge >= 0.3 is 0 Å². The van der Waals surface area contributed by atoms with Gasteiger partial charge in [-0.05, 0) is 20.8 Å². The molecule has 0 aliphatic carbocycles. The average Bonchev–Trinajstić information content (AvgIpc) is 1.41. The first kappa shape index (κ1) is 6.36. The number of hydrogen-bond donors (Lipinski definition) is 2. The Balaban J connectivity index is 2.19. The number of rotatable bonds is 2. The van der Waals surface area contributed by atoms with E-state index in [0.29, 0.717) is 0 Å². The summed E-state index contributed by atoms with van der Waals surface area (Å²) in [6, 6.07) is 0. The Morgan fingerprint density at radius 1 is 1.60 bits per heavy atom. The number of hydrogen-bond acceptors (Lipinski definition) is 5. The van der Waals surface area contributed by atoms with Gasteiger partial charge in [0.1, 0.15) is 0 Å². The van der Waals surface area contributed by atoms with Gasteiger partial charge in [0.15, 0.2) is 0 Å². The summed E-state index contributed by atoms with van der Waals surface area (Å²) in [5.41, 5.74) is 0. The standard InChI is InChI=1S/H3NS4/c1-3-5-4-2/h2H,1H2. The van der Waals surface area contributed by atoms with Crippen molar-refractivity contribution in [3.63, 3.8) is 0 Å². The van der Waals surface area contributed by atoms with Crippen LogP contribution in [-0.4, -0.2) is 0 Å². The van der Waals surface area contributed by atoms with Crippen LogP contribution in [0, 0.1) is 0 Å². The van der Waals surface area contributed by atoms with Gasteiger partial charge in [-0.25, -0.2) is 0 Å². The smallest absolute Gasteiger partial charge is 0.00274 e.